The Morgan fingerprint density at radius 2 is 0.938 bits per heavy atom. The Balaban J connectivity index is 3.10. The number of allylic oxidation sites excluding steroid dienone is 4. The third kappa shape index (κ3) is 13.5. The first-order valence-electron chi connectivity index (χ1n) is 7.21. The van der Waals surface area contributed by atoms with Gasteiger partial charge in [-0.2, -0.15) is 0 Å². The molecule has 0 N–H and O–H groups in total. The average molecular weight is 222 g/mol. The van der Waals surface area contributed by atoms with Gasteiger partial charge in [0.05, 0.1) is 0 Å². The first-order chi connectivity index (χ1) is 7.91. The molecule has 0 heteroatoms. The van der Waals surface area contributed by atoms with Gasteiger partial charge in [-0.3, -0.25) is 0 Å². The van der Waals surface area contributed by atoms with Crippen molar-refractivity contribution in [1.82, 2.24) is 0 Å². The molecule has 0 aliphatic heterocycles. The molecule has 0 amide bonds. The molecular weight excluding hydrogens is 192 g/mol. The summed E-state index contributed by atoms with van der Waals surface area (Å²) in [5.74, 6) is 0. The van der Waals surface area contributed by atoms with Gasteiger partial charge in [0.2, 0.25) is 0 Å². The van der Waals surface area contributed by atoms with Crippen molar-refractivity contribution in [2.24, 2.45) is 0 Å². The Hall–Kier alpha value is -0.520. The summed E-state index contributed by atoms with van der Waals surface area (Å²) in [5, 5.41) is 0. The molecule has 0 aromatic heterocycles. The molecule has 0 spiro atoms. The molecule has 0 unspecified atom stereocenters. The van der Waals surface area contributed by atoms with Crippen molar-refractivity contribution in [2.75, 3.05) is 0 Å². The highest BCUT2D eigenvalue weighted by Gasteiger charge is 1.83. The average Bonchev–Trinajstić information content (AvgIpc) is 2.31. The number of unbranched alkanes of at least 4 members (excludes halogenated alkanes) is 7. The maximum absolute atomic E-state index is 2.36. The predicted molar refractivity (Wildman–Crippen MR) is 75.8 cm³/mol. The lowest BCUT2D eigenvalue weighted by Gasteiger charge is -1.93. The van der Waals surface area contributed by atoms with Gasteiger partial charge in [0.1, 0.15) is 0 Å². The highest BCUT2D eigenvalue weighted by Crippen LogP contribution is 2.03. The van der Waals surface area contributed by atoms with Crippen molar-refractivity contribution < 1.29 is 0 Å². The quantitative estimate of drug-likeness (QED) is 0.295. The monoisotopic (exact) mass is 222 g/mol. The molecule has 0 saturated carbocycles. The maximum atomic E-state index is 2.36. The van der Waals surface area contributed by atoms with E-state index in [1.54, 1.807) is 0 Å². The van der Waals surface area contributed by atoms with E-state index in [2.05, 4.69) is 38.2 Å². The Bertz CT molecular complexity index is 165. The van der Waals surface area contributed by atoms with E-state index in [0.717, 1.165) is 0 Å². The van der Waals surface area contributed by atoms with Gasteiger partial charge in [0.25, 0.3) is 0 Å². The maximum Gasteiger partial charge on any atom is -0.0348 e. The minimum Gasteiger partial charge on any atom is -0.0885 e. The summed E-state index contributed by atoms with van der Waals surface area (Å²) < 4.78 is 0. The minimum absolute atomic E-state index is 1.25. The standard InChI is InChI=1S/C16H30/c1-3-5-7-9-11-13-15-16-14-12-10-8-6-4-2/h9,11-12,14H,3-8,10,13,15-16H2,1-2H3/b11-9-,14-12+. The molecule has 0 heterocycles. The topological polar surface area (TPSA) is 0 Å². The van der Waals surface area contributed by atoms with Crippen LogP contribution in [0, 0.1) is 0 Å². The van der Waals surface area contributed by atoms with Crippen molar-refractivity contribution in [2.45, 2.75) is 78.1 Å². The van der Waals surface area contributed by atoms with Crippen molar-refractivity contribution in [3.63, 3.8) is 0 Å². The Labute approximate surface area is 103 Å². The lowest BCUT2D eigenvalue weighted by atomic mass is 10.1. The summed E-state index contributed by atoms with van der Waals surface area (Å²) in [6.07, 6.45) is 22.5. The molecule has 0 fully saturated rings. The van der Waals surface area contributed by atoms with Crippen LogP contribution in [0.25, 0.3) is 0 Å². The lowest BCUT2D eigenvalue weighted by Crippen LogP contribution is -1.73. The van der Waals surface area contributed by atoms with Crippen molar-refractivity contribution >= 4 is 0 Å². The van der Waals surface area contributed by atoms with Crippen LogP contribution in [0.1, 0.15) is 78.1 Å². The Morgan fingerprint density at radius 1 is 0.500 bits per heavy atom. The third-order valence-corrected chi connectivity index (χ3v) is 2.77. The van der Waals surface area contributed by atoms with Crippen molar-refractivity contribution in [1.29, 1.82) is 0 Å². The van der Waals surface area contributed by atoms with Gasteiger partial charge in [-0.05, 0) is 38.5 Å². The van der Waals surface area contributed by atoms with Crippen LogP contribution in [-0.4, -0.2) is 0 Å². The van der Waals surface area contributed by atoms with E-state index in [1.807, 2.05) is 0 Å². The highest BCUT2D eigenvalue weighted by molar-refractivity contribution is 4.85. The molecule has 16 heavy (non-hydrogen) atoms. The fraction of sp³-hybridized carbons (Fsp3) is 0.750. The lowest BCUT2D eigenvalue weighted by molar-refractivity contribution is 0.727. The molecule has 94 valence electrons. The van der Waals surface area contributed by atoms with E-state index in [-0.39, 0.29) is 0 Å². The highest BCUT2D eigenvalue weighted by atomic mass is 13.9. The van der Waals surface area contributed by atoms with Crippen molar-refractivity contribution in [3.05, 3.63) is 24.3 Å². The molecule has 0 aromatic carbocycles. The molecule has 0 nitrogen and oxygen atoms in total. The van der Waals surface area contributed by atoms with E-state index in [4.69, 9.17) is 0 Å². The second-order valence-electron chi connectivity index (χ2n) is 4.51. The predicted octanol–water partition coefficient (Wildman–Crippen LogP) is 6.04. The van der Waals surface area contributed by atoms with Gasteiger partial charge in [0.15, 0.2) is 0 Å². The molecule has 0 atom stereocenters. The Morgan fingerprint density at radius 3 is 1.44 bits per heavy atom. The second kappa shape index (κ2) is 14.5. The SMILES string of the molecule is CCCC/C=C\CCC/C=C/CCCCC. The van der Waals surface area contributed by atoms with E-state index in [1.165, 1.54) is 64.2 Å². The number of rotatable bonds is 11. The molecule has 0 aliphatic rings. The summed E-state index contributed by atoms with van der Waals surface area (Å²) in [4.78, 5) is 0. The van der Waals surface area contributed by atoms with Crippen LogP contribution < -0.4 is 0 Å². The van der Waals surface area contributed by atoms with Crippen LogP contribution in [0.2, 0.25) is 0 Å². The van der Waals surface area contributed by atoms with Gasteiger partial charge in [-0.15, -0.1) is 0 Å². The molecule has 0 aliphatic carbocycles. The van der Waals surface area contributed by atoms with Gasteiger partial charge in [-0.25, -0.2) is 0 Å². The molecule has 0 aromatic rings. The van der Waals surface area contributed by atoms with E-state index in [9.17, 15) is 0 Å². The van der Waals surface area contributed by atoms with Crippen LogP contribution in [0.15, 0.2) is 24.3 Å². The fourth-order valence-corrected chi connectivity index (χ4v) is 1.66. The Kier molecular flexibility index (Phi) is 14.0. The molecular formula is C16H30. The summed E-state index contributed by atoms with van der Waals surface area (Å²) in [5.41, 5.74) is 0. The second-order valence-corrected chi connectivity index (χ2v) is 4.51. The third-order valence-electron chi connectivity index (χ3n) is 2.77. The number of hydrogen-bond acceptors (Lipinski definition) is 0. The molecule has 0 rings (SSSR count). The zero-order chi connectivity index (χ0) is 11.9. The first-order valence-corrected chi connectivity index (χ1v) is 7.21. The van der Waals surface area contributed by atoms with Gasteiger partial charge in [-0.1, -0.05) is 63.8 Å². The fourth-order valence-electron chi connectivity index (χ4n) is 1.66. The smallest absolute Gasteiger partial charge is 0.0348 e. The summed E-state index contributed by atoms with van der Waals surface area (Å²) in [6, 6.07) is 0. The van der Waals surface area contributed by atoms with Gasteiger partial charge >= 0.3 is 0 Å². The summed E-state index contributed by atoms with van der Waals surface area (Å²) in [7, 11) is 0. The largest absolute Gasteiger partial charge is 0.0885 e. The molecule has 0 radical (unpaired) electrons. The van der Waals surface area contributed by atoms with Crippen LogP contribution in [-0.2, 0) is 0 Å². The van der Waals surface area contributed by atoms with E-state index >= 15 is 0 Å². The van der Waals surface area contributed by atoms with Gasteiger partial charge in [0, 0.05) is 0 Å². The first kappa shape index (κ1) is 15.5. The minimum atomic E-state index is 1.25. The van der Waals surface area contributed by atoms with Crippen LogP contribution in [0.3, 0.4) is 0 Å². The van der Waals surface area contributed by atoms with Crippen LogP contribution >= 0.6 is 0 Å². The van der Waals surface area contributed by atoms with Crippen molar-refractivity contribution in [3.8, 4) is 0 Å². The van der Waals surface area contributed by atoms with Gasteiger partial charge < -0.3 is 0 Å². The molecule has 0 bridgehead atoms. The van der Waals surface area contributed by atoms with E-state index < -0.39 is 0 Å². The summed E-state index contributed by atoms with van der Waals surface area (Å²) in [6.45, 7) is 4.51. The van der Waals surface area contributed by atoms with E-state index in [0.29, 0.717) is 0 Å². The zero-order valence-electron chi connectivity index (χ0n) is 11.4. The number of hydrogen-bond donors (Lipinski definition) is 0. The van der Waals surface area contributed by atoms with Crippen LogP contribution in [0.5, 0.6) is 0 Å². The normalized spacial score (nSPS) is 11.9. The van der Waals surface area contributed by atoms with Crippen LogP contribution in [0.4, 0.5) is 0 Å². The summed E-state index contributed by atoms with van der Waals surface area (Å²) >= 11 is 0. The molecule has 0 saturated heterocycles. The zero-order valence-corrected chi connectivity index (χ0v) is 11.4.